The van der Waals surface area contributed by atoms with E-state index in [4.69, 9.17) is 32.1 Å². The Kier molecular flexibility index (Phi) is 5.28. The lowest BCUT2D eigenvalue weighted by molar-refractivity contribution is 0.0286. The molecule has 1 unspecified atom stereocenters. The van der Waals surface area contributed by atoms with Gasteiger partial charge in [0.1, 0.15) is 11.4 Å². The third-order valence-electron chi connectivity index (χ3n) is 5.59. The van der Waals surface area contributed by atoms with Crippen LogP contribution < -0.4 is 10.9 Å². The van der Waals surface area contributed by atoms with Crippen molar-refractivity contribution in [1.82, 2.24) is 14.5 Å². The van der Waals surface area contributed by atoms with E-state index >= 15 is 4.39 Å². The van der Waals surface area contributed by atoms with E-state index in [0.717, 1.165) is 6.33 Å². The topological polar surface area (TPSA) is 76.5 Å². The fraction of sp³-hybridized carbons (Fsp3) is 0.375. The van der Waals surface area contributed by atoms with Crippen molar-refractivity contribution in [3.63, 3.8) is 0 Å². The molecule has 0 radical (unpaired) electrons. The van der Waals surface area contributed by atoms with Crippen LogP contribution in [-0.4, -0.2) is 39.2 Å². The molecule has 10 heteroatoms. The number of aryl methyl sites for hydroxylation is 1. The first kappa shape index (κ1) is 20.5. The SMILES string of the molecule is [2H]C([2H])([2H])n1cnc2ccc(NC3(c4c(F)ccc(Cl)c4Cl)CCN(C(=O)OC(C)(C)C)C3)cc2c1=O. The molecule has 1 aliphatic heterocycles. The second kappa shape index (κ2) is 8.74. The third kappa shape index (κ3) is 4.57. The molecule has 1 fully saturated rings. The van der Waals surface area contributed by atoms with Crippen molar-refractivity contribution in [3.05, 3.63) is 68.4 Å². The summed E-state index contributed by atoms with van der Waals surface area (Å²) in [4.78, 5) is 31.3. The summed E-state index contributed by atoms with van der Waals surface area (Å²) in [5, 5.41) is 3.44. The maximum absolute atomic E-state index is 15.3. The standard InChI is InChI=1S/C24H25Cl2FN4O3/c1-23(2,3)34-22(33)31-10-9-24(12-31,19-17(27)7-6-16(25)20(19)26)29-14-5-8-18-15(11-14)21(32)30(4)13-28-18/h5-8,11,13,29H,9-10,12H2,1-4H3/i4D3. The smallest absolute Gasteiger partial charge is 0.410 e. The van der Waals surface area contributed by atoms with Crippen molar-refractivity contribution in [2.75, 3.05) is 18.4 Å². The number of fused-ring (bicyclic) bond motifs is 1. The highest BCUT2D eigenvalue weighted by Gasteiger charge is 2.46. The highest BCUT2D eigenvalue weighted by atomic mass is 35.5. The van der Waals surface area contributed by atoms with Gasteiger partial charge < -0.3 is 19.5 Å². The van der Waals surface area contributed by atoms with Crippen LogP contribution in [0.4, 0.5) is 14.9 Å². The van der Waals surface area contributed by atoms with E-state index in [0.29, 0.717) is 15.8 Å². The Bertz CT molecular complexity index is 1440. The number of ether oxygens (including phenoxy) is 1. The fourth-order valence-electron chi connectivity index (χ4n) is 4.10. The maximum atomic E-state index is 15.3. The Balaban J connectivity index is 1.81. The number of anilines is 1. The molecule has 4 rings (SSSR count). The average Bonchev–Trinajstić information content (AvgIpc) is 3.20. The Morgan fingerprint density at radius 2 is 2.06 bits per heavy atom. The molecular weight excluding hydrogens is 482 g/mol. The summed E-state index contributed by atoms with van der Waals surface area (Å²) in [5.74, 6) is -0.625. The molecule has 7 nitrogen and oxygen atoms in total. The lowest BCUT2D eigenvalue weighted by atomic mass is 9.87. The first-order chi connectivity index (χ1) is 17.1. The van der Waals surface area contributed by atoms with Gasteiger partial charge in [0.05, 0.1) is 39.4 Å². The second-order valence-electron chi connectivity index (χ2n) is 9.23. The summed E-state index contributed by atoms with van der Waals surface area (Å²) >= 11 is 12.7. The number of halogens is 3. The highest BCUT2D eigenvalue weighted by Crippen LogP contribution is 2.43. The second-order valence-corrected chi connectivity index (χ2v) is 10.0. The number of nitrogens with zero attached hydrogens (tertiary/aromatic N) is 3. The van der Waals surface area contributed by atoms with E-state index in [1.165, 1.54) is 23.1 Å². The van der Waals surface area contributed by atoms with Crippen LogP contribution in [-0.2, 0) is 17.3 Å². The zero-order valence-corrected chi connectivity index (χ0v) is 20.3. The van der Waals surface area contributed by atoms with Crippen LogP contribution in [0.5, 0.6) is 0 Å². The predicted octanol–water partition coefficient (Wildman–Crippen LogP) is 5.33. The number of aromatic nitrogens is 2. The van der Waals surface area contributed by atoms with Crippen LogP contribution in [0.15, 0.2) is 41.5 Å². The van der Waals surface area contributed by atoms with Gasteiger partial charge in [-0.15, -0.1) is 0 Å². The Hall–Kier alpha value is -2.84. The van der Waals surface area contributed by atoms with Crippen LogP contribution in [0.1, 0.15) is 36.9 Å². The normalized spacial score (nSPS) is 20.1. The average molecular weight is 510 g/mol. The number of benzene rings is 2. The number of rotatable bonds is 3. The fourth-order valence-corrected chi connectivity index (χ4v) is 4.59. The van der Waals surface area contributed by atoms with Gasteiger partial charge >= 0.3 is 6.09 Å². The molecule has 0 aliphatic carbocycles. The van der Waals surface area contributed by atoms with E-state index < -0.39 is 35.6 Å². The minimum Gasteiger partial charge on any atom is -0.444 e. The van der Waals surface area contributed by atoms with E-state index in [1.807, 2.05) is 0 Å². The van der Waals surface area contributed by atoms with E-state index in [9.17, 15) is 9.59 Å². The minimum atomic E-state index is -2.71. The van der Waals surface area contributed by atoms with Crippen LogP contribution in [0.3, 0.4) is 0 Å². The number of amides is 1. The van der Waals surface area contributed by atoms with Crippen molar-refractivity contribution in [3.8, 4) is 0 Å². The van der Waals surface area contributed by atoms with Crippen LogP contribution >= 0.6 is 23.2 Å². The quantitative estimate of drug-likeness (QED) is 0.483. The molecule has 0 saturated carbocycles. The summed E-state index contributed by atoms with van der Waals surface area (Å²) in [6.07, 6.45) is 0.648. The molecule has 0 bridgehead atoms. The van der Waals surface area contributed by atoms with Crippen molar-refractivity contribution in [2.45, 2.75) is 38.3 Å². The maximum Gasteiger partial charge on any atom is 0.410 e. The van der Waals surface area contributed by atoms with Crippen LogP contribution in [0.25, 0.3) is 10.9 Å². The number of hydrogen-bond donors (Lipinski definition) is 1. The first-order valence-electron chi connectivity index (χ1n) is 12.0. The highest BCUT2D eigenvalue weighted by molar-refractivity contribution is 6.42. The first-order valence-corrected chi connectivity index (χ1v) is 11.3. The van der Waals surface area contributed by atoms with Crippen molar-refractivity contribution >= 4 is 45.9 Å². The number of likely N-dealkylation sites (tertiary alicyclic amines) is 1. The Morgan fingerprint density at radius 1 is 1.29 bits per heavy atom. The Labute approximate surface area is 210 Å². The molecule has 1 saturated heterocycles. The molecule has 1 aliphatic rings. The molecule has 1 atom stereocenters. The number of nitrogens with one attached hydrogen (secondary N) is 1. The lowest BCUT2D eigenvalue weighted by Crippen LogP contribution is -2.42. The van der Waals surface area contributed by atoms with Crippen molar-refractivity contribution < 1.29 is 18.0 Å². The van der Waals surface area contributed by atoms with Gasteiger partial charge in [0.2, 0.25) is 0 Å². The van der Waals surface area contributed by atoms with Gasteiger partial charge in [-0.3, -0.25) is 4.79 Å². The third-order valence-corrected chi connectivity index (χ3v) is 6.39. The summed E-state index contributed by atoms with van der Waals surface area (Å²) in [7, 11) is 0. The largest absolute Gasteiger partial charge is 0.444 e. The van der Waals surface area contributed by atoms with Gasteiger partial charge in [0, 0.05) is 28.9 Å². The minimum absolute atomic E-state index is 0.00702. The predicted molar refractivity (Wildman–Crippen MR) is 131 cm³/mol. The number of carbonyl (C=O) groups excluding carboxylic acids is 1. The van der Waals surface area contributed by atoms with Crippen molar-refractivity contribution in [1.29, 1.82) is 0 Å². The Morgan fingerprint density at radius 3 is 2.76 bits per heavy atom. The van der Waals surface area contributed by atoms with E-state index in [1.54, 1.807) is 32.9 Å². The molecule has 1 N–H and O–H groups in total. The summed E-state index contributed by atoms with van der Waals surface area (Å²) < 4.78 is 44.1. The molecule has 180 valence electrons. The lowest BCUT2D eigenvalue weighted by Gasteiger charge is -2.34. The van der Waals surface area contributed by atoms with E-state index in [2.05, 4.69) is 10.3 Å². The van der Waals surface area contributed by atoms with E-state index in [-0.39, 0.29) is 40.5 Å². The molecule has 2 heterocycles. The van der Waals surface area contributed by atoms with Gasteiger partial charge in [0.15, 0.2) is 0 Å². The summed E-state index contributed by atoms with van der Waals surface area (Å²) in [6.45, 7) is 2.74. The van der Waals surface area contributed by atoms with Crippen LogP contribution in [0, 0.1) is 5.82 Å². The summed E-state index contributed by atoms with van der Waals surface area (Å²) in [5.41, 5.74) is -1.99. The van der Waals surface area contributed by atoms with Gasteiger partial charge in [-0.25, -0.2) is 14.2 Å². The van der Waals surface area contributed by atoms with Gasteiger partial charge in [-0.05, 0) is 57.5 Å². The summed E-state index contributed by atoms with van der Waals surface area (Å²) in [6, 6.07) is 7.16. The van der Waals surface area contributed by atoms with Gasteiger partial charge in [0.25, 0.3) is 5.56 Å². The molecule has 2 aromatic carbocycles. The van der Waals surface area contributed by atoms with Crippen molar-refractivity contribution in [2.24, 2.45) is 6.98 Å². The molecule has 1 amide bonds. The van der Waals surface area contributed by atoms with Crippen LogP contribution in [0.2, 0.25) is 10.0 Å². The molecule has 34 heavy (non-hydrogen) atoms. The molecule has 0 spiro atoms. The molecular formula is C24H25Cl2FN4O3. The number of hydrogen-bond acceptors (Lipinski definition) is 5. The monoisotopic (exact) mass is 509 g/mol. The van der Waals surface area contributed by atoms with Gasteiger partial charge in [-0.1, -0.05) is 23.2 Å². The number of carbonyl (C=O) groups is 1. The van der Waals surface area contributed by atoms with Gasteiger partial charge in [-0.2, -0.15) is 0 Å². The molecule has 1 aromatic heterocycles. The zero-order valence-electron chi connectivity index (χ0n) is 21.8. The zero-order chi connectivity index (χ0) is 27.3. The molecule has 3 aromatic rings.